The Balaban J connectivity index is 1.18. The molecule has 1 spiro atoms. The van der Waals surface area contributed by atoms with Crippen molar-refractivity contribution in [1.29, 1.82) is 0 Å². The highest BCUT2D eigenvalue weighted by Crippen LogP contribution is 2.68. The van der Waals surface area contributed by atoms with Crippen molar-refractivity contribution in [3.05, 3.63) is 249 Å². The number of anilines is 6. The summed E-state index contributed by atoms with van der Waals surface area (Å²) in [6.45, 7) is 27.3. The Morgan fingerprint density at radius 3 is 1.10 bits per heavy atom. The Morgan fingerprint density at radius 1 is 0.337 bits per heavy atom. The summed E-state index contributed by atoms with van der Waals surface area (Å²) in [4.78, 5) is 4.85. The third-order valence-electron chi connectivity index (χ3n) is 17.8. The smallest absolute Gasteiger partial charge is 0.160 e. The molecule has 412 valence electrons. The molecule has 12 aromatic rings. The molecule has 2 aromatic heterocycles. The van der Waals surface area contributed by atoms with Gasteiger partial charge in [0.05, 0.1) is 22.2 Å². The van der Waals surface area contributed by atoms with Crippen LogP contribution in [0, 0.1) is 0 Å². The van der Waals surface area contributed by atoms with Gasteiger partial charge in [-0.1, -0.05) is 203 Å². The van der Waals surface area contributed by atoms with Crippen molar-refractivity contribution >= 4 is 101 Å². The molecule has 0 saturated carbocycles. The lowest BCUT2D eigenvalue weighted by molar-refractivity contribution is 0.590. The van der Waals surface area contributed by atoms with Crippen molar-refractivity contribution in [2.24, 2.45) is 0 Å². The molecule has 10 aromatic carbocycles. The second kappa shape index (κ2) is 18.5. The minimum atomic E-state index is -0.996. The maximum absolute atomic E-state index is 7.58. The van der Waals surface area contributed by atoms with Crippen molar-refractivity contribution in [2.75, 3.05) is 9.80 Å². The minimum Gasteiger partial charge on any atom is -0.455 e. The highest BCUT2D eigenvalue weighted by molar-refractivity contribution is 6.32. The zero-order chi connectivity index (χ0) is 57.9. The normalized spacial score (nSPS) is 13.8. The van der Waals surface area contributed by atoms with Gasteiger partial charge in [0, 0.05) is 60.1 Å². The Morgan fingerprint density at radius 2 is 0.687 bits per heavy atom. The molecule has 2 heterocycles. The number of halogens is 2. The van der Waals surface area contributed by atoms with Gasteiger partial charge in [-0.3, -0.25) is 0 Å². The average molecular weight is 1120 g/mol. The molecule has 0 amide bonds. The first-order valence-electron chi connectivity index (χ1n) is 29.1. The van der Waals surface area contributed by atoms with Crippen molar-refractivity contribution < 1.29 is 8.83 Å². The molecule has 0 N–H and O–H groups in total. The molecule has 14 rings (SSSR count). The van der Waals surface area contributed by atoms with Crippen LogP contribution in [-0.2, 0) is 27.1 Å². The van der Waals surface area contributed by atoms with Gasteiger partial charge in [0.15, 0.2) is 5.58 Å². The predicted molar refractivity (Wildman–Crippen MR) is 351 cm³/mol. The van der Waals surface area contributed by atoms with Gasteiger partial charge in [0.2, 0.25) is 0 Å². The first-order chi connectivity index (χ1) is 39.5. The van der Waals surface area contributed by atoms with Crippen LogP contribution in [0.5, 0.6) is 0 Å². The fraction of sp³-hybridized carbons (Fsp3) is 0.221. The lowest BCUT2D eigenvalue weighted by Gasteiger charge is -2.34. The Hall–Kier alpha value is -8.02. The third-order valence-corrected chi connectivity index (χ3v) is 18.3. The number of furan rings is 2. The Bertz CT molecular complexity index is 4420. The van der Waals surface area contributed by atoms with E-state index in [9.17, 15) is 0 Å². The predicted octanol–water partition coefficient (Wildman–Crippen LogP) is 23.3. The number of para-hydroxylation sites is 2. The van der Waals surface area contributed by atoms with E-state index < -0.39 is 5.41 Å². The summed E-state index contributed by atoms with van der Waals surface area (Å²) in [7, 11) is 0. The molecule has 0 aliphatic heterocycles. The van der Waals surface area contributed by atoms with Gasteiger partial charge in [-0.2, -0.15) is 0 Å². The monoisotopic (exact) mass is 1120 g/mol. The van der Waals surface area contributed by atoms with E-state index in [1.165, 1.54) is 22.3 Å². The van der Waals surface area contributed by atoms with Crippen LogP contribution in [-0.4, -0.2) is 0 Å². The SMILES string of the molecule is CC(C)(C)c1ccc(N(c2ccc(C(C)(C)C)cc2)c2cc3c(c4c2oc2ccccc24)-c2c(cc(N(c4ccc(C(C)(C)C)cc4)c4ccc(C(C)(C)C)cc4)c4c2oc2ccccc24)C32c3cc(Cl)ccc3-c3ccc(Cl)cc32)cc1. The van der Waals surface area contributed by atoms with Gasteiger partial charge in [-0.15, -0.1) is 0 Å². The van der Waals surface area contributed by atoms with Gasteiger partial charge < -0.3 is 18.6 Å². The average Bonchev–Trinajstić information content (AvgIpc) is 1.51. The zero-order valence-corrected chi connectivity index (χ0v) is 51.0. The molecule has 83 heavy (non-hydrogen) atoms. The van der Waals surface area contributed by atoms with E-state index in [1.54, 1.807) is 0 Å². The Kier molecular flexibility index (Phi) is 11.8. The summed E-state index contributed by atoms with van der Waals surface area (Å²) < 4.78 is 15.0. The quantitative estimate of drug-likeness (QED) is 0.166. The van der Waals surface area contributed by atoms with Crippen molar-refractivity contribution in [3.63, 3.8) is 0 Å². The van der Waals surface area contributed by atoms with Crippen LogP contribution in [0.25, 0.3) is 66.1 Å². The molecule has 2 aliphatic rings. The summed E-state index contributed by atoms with van der Waals surface area (Å²) in [6, 6.07) is 71.3. The zero-order valence-electron chi connectivity index (χ0n) is 49.4. The second-order valence-corrected chi connectivity index (χ2v) is 28.1. The second-order valence-electron chi connectivity index (χ2n) is 27.2. The lowest BCUT2D eigenvalue weighted by atomic mass is 9.70. The van der Waals surface area contributed by atoms with Crippen LogP contribution in [0.2, 0.25) is 10.0 Å². The Labute approximate surface area is 497 Å². The van der Waals surface area contributed by atoms with E-state index in [0.717, 1.165) is 123 Å². The molecular formula is C77H68Cl2N2O2. The van der Waals surface area contributed by atoms with Gasteiger partial charge >= 0.3 is 0 Å². The number of fused-ring (bicyclic) bond motifs is 18. The number of hydrogen-bond donors (Lipinski definition) is 0. The van der Waals surface area contributed by atoms with E-state index in [0.29, 0.717) is 10.0 Å². The molecule has 6 heteroatoms. The highest BCUT2D eigenvalue weighted by Gasteiger charge is 2.55. The highest BCUT2D eigenvalue weighted by atomic mass is 35.5. The van der Waals surface area contributed by atoms with Crippen molar-refractivity contribution in [2.45, 2.75) is 110 Å². The van der Waals surface area contributed by atoms with E-state index in [1.807, 2.05) is 12.1 Å². The first-order valence-corrected chi connectivity index (χ1v) is 29.9. The standard InChI is InChI=1S/C77H68Cl2N2O2/c1-73(2,3)45-21-31-51(32-22-45)80(52-33-23-46(24-34-52)74(4,5)6)63-43-62-70(72-67(63)57-17-13-15-19-65(57)83-72)69-61(77(62)59-41-49(78)29-39-55(59)56-40-30-50(79)42-60(56)77)44-64(71-68(69)58-18-14-16-20-66(58)82-71)81(53-35-25-47(26-36-53)75(7,8)9)54-37-27-48(28-38-54)76(10,11)12/h13-44H,1-12H3. The molecule has 2 aliphatic carbocycles. The minimum absolute atomic E-state index is 0.0495. The summed E-state index contributed by atoms with van der Waals surface area (Å²) >= 11 is 14.8. The maximum atomic E-state index is 7.58. The summed E-state index contributed by atoms with van der Waals surface area (Å²) in [5, 5.41) is 5.36. The first kappa shape index (κ1) is 53.0. The summed E-state index contributed by atoms with van der Waals surface area (Å²) in [6.07, 6.45) is 0. The van der Waals surface area contributed by atoms with Crippen molar-refractivity contribution in [3.8, 4) is 22.3 Å². The molecule has 0 atom stereocenters. The van der Waals surface area contributed by atoms with Gasteiger partial charge in [0.25, 0.3) is 0 Å². The molecule has 0 fully saturated rings. The van der Waals surface area contributed by atoms with Gasteiger partial charge in [-0.05, 0) is 174 Å². The van der Waals surface area contributed by atoms with Crippen LogP contribution in [0.1, 0.15) is 128 Å². The van der Waals surface area contributed by atoms with Crippen molar-refractivity contribution in [1.82, 2.24) is 0 Å². The van der Waals surface area contributed by atoms with Gasteiger partial charge in [0.1, 0.15) is 16.7 Å². The van der Waals surface area contributed by atoms with E-state index in [-0.39, 0.29) is 21.7 Å². The van der Waals surface area contributed by atoms with E-state index in [2.05, 4.69) is 275 Å². The topological polar surface area (TPSA) is 32.8 Å². The lowest BCUT2D eigenvalue weighted by Crippen LogP contribution is -2.27. The maximum Gasteiger partial charge on any atom is 0.160 e. The molecule has 0 unspecified atom stereocenters. The van der Waals surface area contributed by atoms with Crippen LogP contribution in [0.15, 0.2) is 203 Å². The largest absolute Gasteiger partial charge is 0.455 e. The fourth-order valence-corrected chi connectivity index (χ4v) is 13.8. The molecule has 0 saturated heterocycles. The van der Waals surface area contributed by atoms with Gasteiger partial charge in [-0.25, -0.2) is 0 Å². The van der Waals surface area contributed by atoms with E-state index >= 15 is 0 Å². The van der Waals surface area contributed by atoms with Crippen LogP contribution in [0.3, 0.4) is 0 Å². The molecule has 4 nitrogen and oxygen atoms in total. The van der Waals surface area contributed by atoms with E-state index in [4.69, 9.17) is 32.0 Å². The van der Waals surface area contributed by atoms with Crippen LogP contribution >= 0.6 is 23.2 Å². The number of benzene rings is 10. The third kappa shape index (κ3) is 8.22. The molecular weight excluding hydrogens is 1060 g/mol. The summed E-state index contributed by atoms with van der Waals surface area (Å²) in [5.74, 6) is 0. The number of nitrogens with zero attached hydrogens (tertiary/aromatic N) is 2. The summed E-state index contributed by atoms with van der Waals surface area (Å²) in [5.41, 5.74) is 21.6. The van der Waals surface area contributed by atoms with Crippen LogP contribution in [0.4, 0.5) is 34.1 Å². The number of rotatable bonds is 6. The molecule has 0 bridgehead atoms. The molecule has 0 radical (unpaired) electrons. The fourth-order valence-electron chi connectivity index (χ4n) is 13.5. The number of hydrogen-bond acceptors (Lipinski definition) is 4. The van der Waals surface area contributed by atoms with Crippen LogP contribution < -0.4 is 9.80 Å².